The van der Waals surface area contributed by atoms with Crippen molar-refractivity contribution in [1.29, 1.82) is 0 Å². The van der Waals surface area contributed by atoms with Gasteiger partial charge in [-0.3, -0.25) is 4.90 Å². The molecule has 3 nitrogen and oxygen atoms in total. The molecule has 1 aliphatic heterocycles. The minimum absolute atomic E-state index is 0.752. The van der Waals surface area contributed by atoms with Gasteiger partial charge in [-0.2, -0.15) is 0 Å². The summed E-state index contributed by atoms with van der Waals surface area (Å²) in [6.07, 6.45) is 2.66. The Balaban J connectivity index is 1.78. The van der Waals surface area contributed by atoms with E-state index in [1.165, 1.54) is 25.9 Å². The van der Waals surface area contributed by atoms with Crippen LogP contribution < -0.4 is 10.5 Å². The largest absolute Gasteiger partial charge is 0.492 e. The molecule has 1 heterocycles. The Labute approximate surface area is 97.2 Å². The Bertz CT molecular complexity index is 346. The van der Waals surface area contributed by atoms with E-state index in [1.54, 1.807) is 0 Å². The number of rotatable bonds is 4. The van der Waals surface area contributed by atoms with Crippen LogP contribution in [-0.2, 0) is 0 Å². The van der Waals surface area contributed by atoms with Gasteiger partial charge in [-0.05, 0) is 44.5 Å². The van der Waals surface area contributed by atoms with Crippen LogP contribution in [0, 0.1) is 6.92 Å². The van der Waals surface area contributed by atoms with Gasteiger partial charge in [0.15, 0.2) is 0 Å². The van der Waals surface area contributed by atoms with Crippen molar-refractivity contribution in [1.82, 2.24) is 4.90 Å². The van der Waals surface area contributed by atoms with Crippen LogP contribution in [0.5, 0.6) is 5.75 Å². The first-order chi connectivity index (χ1) is 7.75. The Kier molecular flexibility index (Phi) is 3.67. The molecule has 1 aromatic rings. The molecule has 16 heavy (non-hydrogen) atoms. The zero-order valence-corrected chi connectivity index (χ0v) is 9.91. The molecule has 0 amide bonds. The summed E-state index contributed by atoms with van der Waals surface area (Å²) < 4.78 is 5.68. The lowest BCUT2D eigenvalue weighted by atomic mass is 10.2. The highest BCUT2D eigenvalue weighted by molar-refractivity contribution is 5.50. The molecule has 0 bridgehead atoms. The van der Waals surface area contributed by atoms with Crippen LogP contribution in [0.2, 0.25) is 0 Å². The summed E-state index contributed by atoms with van der Waals surface area (Å²) >= 11 is 0. The standard InChI is InChI=1S/C13H20N2O/c1-11-4-5-12(10-13(11)14)16-9-8-15-6-2-3-7-15/h4-5,10H,2-3,6-9,14H2,1H3. The summed E-state index contributed by atoms with van der Waals surface area (Å²) in [6.45, 7) is 6.22. The first-order valence-electron chi connectivity index (χ1n) is 5.97. The molecule has 0 saturated carbocycles. The fourth-order valence-corrected chi connectivity index (χ4v) is 2.01. The Morgan fingerprint density at radius 3 is 2.75 bits per heavy atom. The predicted molar refractivity (Wildman–Crippen MR) is 66.8 cm³/mol. The second-order valence-electron chi connectivity index (χ2n) is 4.42. The quantitative estimate of drug-likeness (QED) is 0.789. The summed E-state index contributed by atoms with van der Waals surface area (Å²) in [5.74, 6) is 0.877. The molecule has 1 aliphatic rings. The molecule has 1 aromatic carbocycles. The normalized spacial score (nSPS) is 16.6. The Hall–Kier alpha value is -1.22. The zero-order chi connectivity index (χ0) is 11.4. The minimum atomic E-state index is 0.752. The maximum Gasteiger partial charge on any atom is 0.121 e. The smallest absolute Gasteiger partial charge is 0.121 e. The second-order valence-corrected chi connectivity index (χ2v) is 4.42. The van der Waals surface area contributed by atoms with Crippen molar-refractivity contribution in [2.75, 3.05) is 32.0 Å². The van der Waals surface area contributed by atoms with E-state index in [2.05, 4.69) is 4.90 Å². The summed E-state index contributed by atoms with van der Waals surface area (Å²) in [5, 5.41) is 0. The third-order valence-electron chi connectivity index (χ3n) is 3.13. The van der Waals surface area contributed by atoms with Crippen molar-refractivity contribution in [3.05, 3.63) is 23.8 Å². The zero-order valence-electron chi connectivity index (χ0n) is 9.91. The van der Waals surface area contributed by atoms with Gasteiger partial charge in [-0.1, -0.05) is 6.07 Å². The molecule has 1 saturated heterocycles. The first kappa shape index (κ1) is 11.3. The molecule has 2 rings (SSSR count). The second kappa shape index (κ2) is 5.21. The number of aryl methyl sites for hydroxylation is 1. The Morgan fingerprint density at radius 2 is 2.06 bits per heavy atom. The lowest BCUT2D eigenvalue weighted by Gasteiger charge is -2.15. The number of ether oxygens (including phenoxy) is 1. The molecule has 88 valence electrons. The number of nitrogens with zero attached hydrogens (tertiary/aromatic N) is 1. The summed E-state index contributed by atoms with van der Waals surface area (Å²) in [6, 6.07) is 5.88. The van der Waals surface area contributed by atoms with Gasteiger partial charge in [0.2, 0.25) is 0 Å². The monoisotopic (exact) mass is 220 g/mol. The number of benzene rings is 1. The summed E-state index contributed by atoms with van der Waals surface area (Å²) in [4.78, 5) is 2.44. The van der Waals surface area contributed by atoms with Gasteiger partial charge in [0.1, 0.15) is 12.4 Å². The van der Waals surface area contributed by atoms with E-state index in [0.717, 1.165) is 30.2 Å². The molecule has 2 N–H and O–H groups in total. The van der Waals surface area contributed by atoms with Crippen molar-refractivity contribution >= 4 is 5.69 Å². The number of likely N-dealkylation sites (tertiary alicyclic amines) is 1. The molecule has 0 radical (unpaired) electrons. The van der Waals surface area contributed by atoms with Crippen molar-refractivity contribution in [3.63, 3.8) is 0 Å². The van der Waals surface area contributed by atoms with Gasteiger partial charge in [0, 0.05) is 18.3 Å². The highest BCUT2D eigenvalue weighted by atomic mass is 16.5. The Morgan fingerprint density at radius 1 is 1.31 bits per heavy atom. The van der Waals surface area contributed by atoms with E-state index in [0.29, 0.717) is 0 Å². The molecule has 0 aromatic heterocycles. The van der Waals surface area contributed by atoms with Crippen molar-refractivity contribution in [3.8, 4) is 5.75 Å². The summed E-state index contributed by atoms with van der Waals surface area (Å²) in [7, 11) is 0. The van der Waals surface area contributed by atoms with E-state index in [9.17, 15) is 0 Å². The molecular formula is C13H20N2O. The van der Waals surface area contributed by atoms with Crippen LogP contribution in [0.3, 0.4) is 0 Å². The average Bonchev–Trinajstić information content (AvgIpc) is 2.76. The summed E-state index contributed by atoms with van der Waals surface area (Å²) in [5.41, 5.74) is 7.73. The molecule has 0 aliphatic carbocycles. The molecule has 3 heteroatoms. The van der Waals surface area contributed by atoms with Crippen LogP contribution in [-0.4, -0.2) is 31.1 Å². The molecule has 0 unspecified atom stereocenters. The van der Waals surface area contributed by atoms with Crippen LogP contribution in [0.15, 0.2) is 18.2 Å². The number of hydrogen-bond donors (Lipinski definition) is 1. The third kappa shape index (κ3) is 2.89. The molecule has 0 atom stereocenters. The topological polar surface area (TPSA) is 38.5 Å². The van der Waals surface area contributed by atoms with Crippen LogP contribution in [0.25, 0.3) is 0 Å². The lowest BCUT2D eigenvalue weighted by Crippen LogP contribution is -2.25. The van der Waals surface area contributed by atoms with Gasteiger partial charge < -0.3 is 10.5 Å². The fourth-order valence-electron chi connectivity index (χ4n) is 2.01. The number of hydrogen-bond acceptors (Lipinski definition) is 3. The van der Waals surface area contributed by atoms with Gasteiger partial charge in [-0.15, -0.1) is 0 Å². The fraction of sp³-hybridized carbons (Fsp3) is 0.538. The van der Waals surface area contributed by atoms with Gasteiger partial charge in [-0.25, -0.2) is 0 Å². The van der Waals surface area contributed by atoms with Crippen molar-refractivity contribution in [2.45, 2.75) is 19.8 Å². The predicted octanol–water partition coefficient (Wildman–Crippen LogP) is 2.05. The number of nitrogen functional groups attached to an aromatic ring is 1. The van der Waals surface area contributed by atoms with Gasteiger partial charge in [0.25, 0.3) is 0 Å². The van der Waals surface area contributed by atoms with E-state index in [4.69, 9.17) is 10.5 Å². The van der Waals surface area contributed by atoms with Crippen molar-refractivity contribution < 1.29 is 4.74 Å². The highest BCUT2D eigenvalue weighted by Crippen LogP contribution is 2.19. The van der Waals surface area contributed by atoms with Gasteiger partial charge in [0.05, 0.1) is 0 Å². The number of nitrogens with two attached hydrogens (primary N) is 1. The number of anilines is 1. The minimum Gasteiger partial charge on any atom is -0.492 e. The molecular weight excluding hydrogens is 200 g/mol. The molecule has 1 fully saturated rings. The van der Waals surface area contributed by atoms with Crippen molar-refractivity contribution in [2.24, 2.45) is 0 Å². The van der Waals surface area contributed by atoms with Crippen LogP contribution in [0.1, 0.15) is 18.4 Å². The van der Waals surface area contributed by atoms with E-state index in [-0.39, 0.29) is 0 Å². The molecule has 0 spiro atoms. The maximum atomic E-state index is 5.82. The SMILES string of the molecule is Cc1ccc(OCCN2CCCC2)cc1N. The first-order valence-corrected chi connectivity index (χ1v) is 5.97. The lowest BCUT2D eigenvalue weighted by molar-refractivity contribution is 0.238. The van der Waals surface area contributed by atoms with Crippen LogP contribution >= 0.6 is 0 Å². The van der Waals surface area contributed by atoms with E-state index in [1.807, 2.05) is 25.1 Å². The van der Waals surface area contributed by atoms with Crippen LogP contribution in [0.4, 0.5) is 5.69 Å². The maximum absolute atomic E-state index is 5.82. The van der Waals surface area contributed by atoms with E-state index < -0.39 is 0 Å². The third-order valence-corrected chi connectivity index (χ3v) is 3.13. The van der Waals surface area contributed by atoms with Gasteiger partial charge >= 0.3 is 0 Å². The highest BCUT2D eigenvalue weighted by Gasteiger charge is 2.10. The average molecular weight is 220 g/mol. The van der Waals surface area contributed by atoms with E-state index >= 15 is 0 Å².